The van der Waals surface area contributed by atoms with E-state index in [1.54, 1.807) is 12.7 Å². The van der Waals surface area contributed by atoms with E-state index in [1.807, 2.05) is 0 Å². The van der Waals surface area contributed by atoms with Crippen LogP contribution in [0.15, 0.2) is 48.5 Å². The van der Waals surface area contributed by atoms with Gasteiger partial charge in [0.15, 0.2) is 0 Å². The van der Waals surface area contributed by atoms with E-state index in [0.717, 1.165) is 6.61 Å². The van der Waals surface area contributed by atoms with Crippen LogP contribution in [0.1, 0.15) is 46.7 Å². The lowest BCUT2D eigenvalue weighted by Gasteiger charge is -2.38. The Hall–Kier alpha value is -1.21. The van der Waals surface area contributed by atoms with Gasteiger partial charge in [0.25, 0.3) is 0 Å². The fraction of sp³-hybridized carbons (Fsp3) is 0.500. The minimum atomic E-state index is -0.0410. The van der Waals surface area contributed by atoms with E-state index in [4.69, 9.17) is 9.47 Å². The van der Waals surface area contributed by atoms with E-state index in [9.17, 15) is 0 Å². The van der Waals surface area contributed by atoms with Gasteiger partial charge in [0.2, 0.25) is 0 Å². The lowest BCUT2D eigenvalue weighted by molar-refractivity contribution is 0.0786. The SMILES string of the molecule is COCCOCCP1CCC(c2ccccc2)CC1c1ccc(C)cc1C. The Balaban J connectivity index is 1.74. The first kappa shape index (κ1) is 20.5. The Labute approximate surface area is 166 Å². The largest absolute Gasteiger partial charge is 0.382 e. The summed E-state index contributed by atoms with van der Waals surface area (Å²) in [4.78, 5) is 0. The van der Waals surface area contributed by atoms with Gasteiger partial charge in [-0.15, -0.1) is 0 Å². The summed E-state index contributed by atoms with van der Waals surface area (Å²) in [6.45, 7) is 6.75. The minimum absolute atomic E-state index is 0.0410. The van der Waals surface area contributed by atoms with Crippen molar-refractivity contribution in [3.05, 3.63) is 70.8 Å². The number of methoxy groups -OCH3 is 1. The maximum absolute atomic E-state index is 5.81. The molecule has 1 fully saturated rings. The third-order valence-electron chi connectivity index (χ3n) is 5.72. The van der Waals surface area contributed by atoms with Gasteiger partial charge in [0.1, 0.15) is 0 Å². The first-order valence-corrected chi connectivity index (χ1v) is 11.9. The Morgan fingerprint density at radius 1 is 1.00 bits per heavy atom. The predicted octanol–water partition coefficient (Wildman–Crippen LogP) is 6.07. The zero-order valence-corrected chi connectivity index (χ0v) is 17.9. The molecule has 0 saturated carbocycles. The van der Waals surface area contributed by atoms with Crippen LogP contribution in [0, 0.1) is 13.8 Å². The van der Waals surface area contributed by atoms with Crippen molar-refractivity contribution < 1.29 is 9.47 Å². The maximum atomic E-state index is 5.81. The summed E-state index contributed by atoms with van der Waals surface area (Å²) in [6.07, 6.45) is 5.14. The molecule has 0 aliphatic carbocycles. The Morgan fingerprint density at radius 3 is 2.56 bits per heavy atom. The number of ether oxygens (including phenoxy) is 2. The van der Waals surface area contributed by atoms with Crippen LogP contribution in [0.25, 0.3) is 0 Å². The van der Waals surface area contributed by atoms with E-state index >= 15 is 0 Å². The Morgan fingerprint density at radius 2 is 1.81 bits per heavy atom. The number of aryl methyl sites for hydroxylation is 2. The number of hydrogen-bond donors (Lipinski definition) is 0. The van der Waals surface area contributed by atoms with Gasteiger partial charge in [-0.05, 0) is 61.6 Å². The molecule has 3 rings (SSSR count). The van der Waals surface area contributed by atoms with Crippen molar-refractivity contribution in [2.75, 3.05) is 39.3 Å². The summed E-state index contributed by atoms with van der Waals surface area (Å²) < 4.78 is 10.9. The second-order valence-electron chi connectivity index (χ2n) is 7.65. The fourth-order valence-electron chi connectivity index (χ4n) is 4.26. The fourth-order valence-corrected chi connectivity index (χ4v) is 7.35. The van der Waals surface area contributed by atoms with Crippen molar-refractivity contribution >= 4 is 7.92 Å². The lowest BCUT2D eigenvalue weighted by Crippen LogP contribution is -2.18. The molecule has 146 valence electrons. The summed E-state index contributed by atoms with van der Waals surface area (Å²) in [7, 11) is 1.69. The highest BCUT2D eigenvalue weighted by Gasteiger charge is 2.32. The predicted molar refractivity (Wildman–Crippen MR) is 116 cm³/mol. The van der Waals surface area contributed by atoms with Crippen LogP contribution in [0.4, 0.5) is 0 Å². The van der Waals surface area contributed by atoms with Crippen LogP contribution in [0.2, 0.25) is 0 Å². The third kappa shape index (κ3) is 5.64. The van der Waals surface area contributed by atoms with Gasteiger partial charge in [-0.25, -0.2) is 0 Å². The molecule has 1 aliphatic rings. The van der Waals surface area contributed by atoms with E-state index in [-0.39, 0.29) is 7.92 Å². The van der Waals surface area contributed by atoms with Crippen molar-refractivity contribution in [3.63, 3.8) is 0 Å². The second-order valence-corrected chi connectivity index (χ2v) is 10.3. The van der Waals surface area contributed by atoms with Crippen LogP contribution in [0.3, 0.4) is 0 Å². The van der Waals surface area contributed by atoms with Crippen molar-refractivity contribution in [2.24, 2.45) is 0 Å². The highest BCUT2D eigenvalue weighted by atomic mass is 31.1. The summed E-state index contributed by atoms with van der Waals surface area (Å²) in [5.41, 5.74) is 6.59. The monoisotopic (exact) mass is 384 g/mol. The first-order valence-electron chi connectivity index (χ1n) is 10.1. The molecule has 3 atom stereocenters. The third-order valence-corrected chi connectivity index (χ3v) is 8.68. The quantitative estimate of drug-likeness (QED) is 0.406. The molecule has 1 aliphatic heterocycles. The average Bonchev–Trinajstić information content (AvgIpc) is 2.69. The minimum Gasteiger partial charge on any atom is -0.382 e. The van der Waals surface area contributed by atoms with Crippen molar-refractivity contribution in [3.8, 4) is 0 Å². The van der Waals surface area contributed by atoms with Gasteiger partial charge in [0.05, 0.1) is 19.8 Å². The van der Waals surface area contributed by atoms with Crippen molar-refractivity contribution in [1.29, 1.82) is 0 Å². The number of rotatable bonds is 8. The van der Waals surface area contributed by atoms with Crippen molar-refractivity contribution in [2.45, 2.75) is 38.3 Å². The summed E-state index contributed by atoms with van der Waals surface area (Å²) in [5, 5.41) is 0. The highest BCUT2D eigenvalue weighted by molar-refractivity contribution is 7.58. The molecule has 3 unspecified atom stereocenters. The van der Waals surface area contributed by atoms with Gasteiger partial charge in [-0.3, -0.25) is 0 Å². The molecule has 1 heterocycles. The summed E-state index contributed by atoms with van der Waals surface area (Å²) in [6, 6.07) is 18.1. The first-order chi connectivity index (χ1) is 13.2. The summed E-state index contributed by atoms with van der Waals surface area (Å²) >= 11 is 0. The molecule has 2 aromatic rings. The van der Waals surface area contributed by atoms with Crippen molar-refractivity contribution in [1.82, 2.24) is 0 Å². The van der Waals surface area contributed by atoms with Crippen LogP contribution in [-0.2, 0) is 9.47 Å². The molecular formula is C24H33O2P. The molecular weight excluding hydrogens is 351 g/mol. The molecule has 0 aromatic heterocycles. The molecule has 3 heteroatoms. The second kappa shape index (κ2) is 10.4. The molecule has 2 nitrogen and oxygen atoms in total. The Kier molecular flexibility index (Phi) is 7.88. The highest BCUT2D eigenvalue weighted by Crippen LogP contribution is 2.60. The zero-order chi connectivity index (χ0) is 19.1. The van der Waals surface area contributed by atoms with Gasteiger partial charge < -0.3 is 9.47 Å². The summed E-state index contributed by atoms with van der Waals surface area (Å²) in [5.74, 6) is 0.685. The molecule has 1 saturated heterocycles. The molecule has 0 spiro atoms. The van der Waals surface area contributed by atoms with Crippen LogP contribution in [0.5, 0.6) is 0 Å². The molecule has 27 heavy (non-hydrogen) atoms. The standard InChI is InChI=1S/C24H33O2P/c1-19-9-10-23(20(2)17-19)24-18-22(21-7-5-4-6-8-21)11-15-27(24)16-14-26-13-12-25-3/h4-10,17,22,24H,11-16,18H2,1-3H3. The van der Waals surface area contributed by atoms with E-state index in [0.29, 0.717) is 24.8 Å². The molecule has 0 radical (unpaired) electrons. The average molecular weight is 385 g/mol. The van der Waals surface area contributed by atoms with E-state index in [1.165, 1.54) is 41.9 Å². The van der Waals surface area contributed by atoms with Crippen LogP contribution >= 0.6 is 7.92 Å². The smallest absolute Gasteiger partial charge is 0.0700 e. The van der Waals surface area contributed by atoms with Gasteiger partial charge >= 0.3 is 0 Å². The van der Waals surface area contributed by atoms with Crippen LogP contribution < -0.4 is 0 Å². The topological polar surface area (TPSA) is 18.5 Å². The molecule has 2 aromatic carbocycles. The number of benzene rings is 2. The number of hydrogen-bond acceptors (Lipinski definition) is 2. The van der Waals surface area contributed by atoms with Gasteiger partial charge in [0, 0.05) is 12.8 Å². The lowest BCUT2D eigenvalue weighted by atomic mass is 9.88. The van der Waals surface area contributed by atoms with E-state index < -0.39 is 0 Å². The zero-order valence-electron chi connectivity index (χ0n) is 17.0. The van der Waals surface area contributed by atoms with Gasteiger partial charge in [-0.1, -0.05) is 62.0 Å². The normalized spacial score (nSPS) is 22.7. The molecule has 0 bridgehead atoms. The molecule has 0 N–H and O–H groups in total. The van der Waals surface area contributed by atoms with Gasteiger partial charge in [-0.2, -0.15) is 0 Å². The van der Waals surface area contributed by atoms with E-state index in [2.05, 4.69) is 62.4 Å². The maximum Gasteiger partial charge on any atom is 0.0700 e. The molecule has 0 amide bonds. The Bertz CT molecular complexity index is 701. The van der Waals surface area contributed by atoms with Crippen LogP contribution in [-0.4, -0.2) is 39.3 Å².